The number of hydrogen-bond donors (Lipinski definition) is 3. The van der Waals surface area contributed by atoms with Crippen LogP contribution in [0.15, 0.2) is 12.1 Å². The first kappa shape index (κ1) is 16.4. The highest BCUT2D eigenvalue weighted by Gasteiger charge is 2.29. The van der Waals surface area contributed by atoms with E-state index in [1.54, 1.807) is 0 Å². The summed E-state index contributed by atoms with van der Waals surface area (Å²) in [5, 5.41) is 7.04. The molecule has 1 atom stereocenters. The number of benzene rings is 1. The monoisotopic (exact) mass is 323 g/mol. The van der Waals surface area contributed by atoms with Crippen LogP contribution in [0.25, 0.3) is 0 Å². The SMILES string of the molecule is COc1cc(C(=O)NCC2NC(=O)NC2=O)cc(OC)c1OC. The van der Waals surface area contributed by atoms with Gasteiger partial charge in [-0.2, -0.15) is 0 Å². The van der Waals surface area contributed by atoms with Crippen LogP contribution < -0.4 is 30.2 Å². The first-order valence-electron chi connectivity index (χ1n) is 6.69. The number of urea groups is 1. The van der Waals surface area contributed by atoms with Gasteiger partial charge in [0.05, 0.1) is 21.3 Å². The van der Waals surface area contributed by atoms with Crippen molar-refractivity contribution in [2.75, 3.05) is 27.9 Å². The maximum Gasteiger partial charge on any atom is 0.322 e. The van der Waals surface area contributed by atoms with Gasteiger partial charge >= 0.3 is 6.03 Å². The average Bonchev–Trinajstić information content (AvgIpc) is 2.88. The van der Waals surface area contributed by atoms with Crippen LogP contribution >= 0.6 is 0 Å². The van der Waals surface area contributed by atoms with Gasteiger partial charge in [0, 0.05) is 12.1 Å². The topological polar surface area (TPSA) is 115 Å². The number of imide groups is 1. The molecule has 0 spiro atoms. The van der Waals surface area contributed by atoms with Gasteiger partial charge in [0.2, 0.25) is 5.75 Å². The molecule has 1 aromatic rings. The summed E-state index contributed by atoms with van der Waals surface area (Å²) in [4.78, 5) is 34.6. The Morgan fingerprint density at radius 2 is 1.74 bits per heavy atom. The standard InChI is InChI=1S/C14H17N3O6/c1-21-9-4-7(5-10(22-2)11(9)23-3)12(18)15-6-8-13(19)17-14(20)16-8/h4-5,8H,6H2,1-3H3,(H,15,18)(H2,16,17,19,20). The molecule has 1 aliphatic rings. The summed E-state index contributed by atoms with van der Waals surface area (Å²) < 4.78 is 15.5. The van der Waals surface area contributed by atoms with Crippen LogP contribution in [0.2, 0.25) is 0 Å². The van der Waals surface area contributed by atoms with E-state index in [9.17, 15) is 14.4 Å². The number of nitrogens with one attached hydrogen (secondary N) is 3. The van der Waals surface area contributed by atoms with Crippen LogP contribution in [0.5, 0.6) is 17.2 Å². The van der Waals surface area contributed by atoms with Crippen molar-refractivity contribution >= 4 is 17.8 Å². The Bertz CT molecular complexity index is 620. The van der Waals surface area contributed by atoms with Crippen molar-refractivity contribution in [2.45, 2.75) is 6.04 Å². The van der Waals surface area contributed by atoms with E-state index in [1.807, 2.05) is 0 Å². The van der Waals surface area contributed by atoms with Crippen LogP contribution in [0.4, 0.5) is 4.79 Å². The predicted molar refractivity (Wildman–Crippen MR) is 78.9 cm³/mol. The van der Waals surface area contributed by atoms with Crippen LogP contribution in [0.1, 0.15) is 10.4 Å². The van der Waals surface area contributed by atoms with Crippen molar-refractivity contribution in [3.8, 4) is 17.2 Å². The minimum atomic E-state index is -0.798. The maximum atomic E-state index is 12.2. The zero-order valence-electron chi connectivity index (χ0n) is 12.9. The minimum Gasteiger partial charge on any atom is -0.493 e. The molecule has 23 heavy (non-hydrogen) atoms. The summed E-state index contributed by atoms with van der Waals surface area (Å²) in [5.74, 6) is 0.111. The van der Waals surface area contributed by atoms with Crippen molar-refractivity contribution in [3.05, 3.63) is 17.7 Å². The molecule has 9 heteroatoms. The molecule has 2 rings (SSSR count). The third-order valence-electron chi connectivity index (χ3n) is 3.25. The first-order valence-corrected chi connectivity index (χ1v) is 6.69. The highest BCUT2D eigenvalue weighted by Crippen LogP contribution is 2.38. The summed E-state index contributed by atoms with van der Waals surface area (Å²) in [7, 11) is 4.34. The van der Waals surface area contributed by atoms with E-state index in [1.165, 1.54) is 33.5 Å². The molecule has 1 aromatic carbocycles. The van der Waals surface area contributed by atoms with Crippen molar-refractivity contribution in [1.29, 1.82) is 0 Å². The number of carbonyl (C=O) groups excluding carboxylic acids is 3. The lowest BCUT2D eigenvalue weighted by atomic mass is 10.1. The summed E-state index contributed by atoms with van der Waals surface area (Å²) in [6.07, 6.45) is 0. The maximum absolute atomic E-state index is 12.2. The lowest BCUT2D eigenvalue weighted by Crippen LogP contribution is -2.41. The smallest absolute Gasteiger partial charge is 0.322 e. The lowest BCUT2D eigenvalue weighted by Gasteiger charge is -2.14. The van der Waals surface area contributed by atoms with E-state index in [0.29, 0.717) is 17.2 Å². The molecule has 3 N–H and O–H groups in total. The second-order valence-electron chi connectivity index (χ2n) is 4.64. The highest BCUT2D eigenvalue weighted by atomic mass is 16.5. The molecule has 0 radical (unpaired) electrons. The quantitative estimate of drug-likeness (QED) is 0.617. The number of rotatable bonds is 6. The molecule has 1 fully saturated rings. The van der Waals surface area contributed by atoms with Gasteiger partial charge < -0.3 is 24.8 Å². The van der Waals surface area contributed by atoms with Gasteiger partial charge in [0.15, 0.2) is 11.5 Å². The third-order valence-corrected chi connectivity index (χ3v) is 3.25. The Kier molecular flexibility index (Phi) is 4.89. The number of amides is 4. The Balaban J connectivity index is 2.13. The second kappa shape index (κ2) is 6.86. The highest BCUT2D eigenvalue weighted by molar-refractivity contribution is 6.04. The summed E-state index contributed by atoms with van der Waals surface area (Å²) >= 11 is 0. The van der Waals surface area contributed by atoms with Crippen molar-refractivity contribution in [2.24, 2.45) is 0 Å². The lowest BCUT2D eigenvalue weighted by molar-refractivity contribution is -0.120. The van der Waals surface area contributed by atoms with Gasteiger partial charge in [-0.3, -0.25) is 14.9 Å². The molecule has 1 aliphatic heterocycles. The predicted octanol–water partition coefficient (Wildman–Crippen LogP) is -0.350. The van der Waals surface area contributed by atoms with Crippen molar-refractivity contribution in [3.63, 3.8) is 0 Å². The van der Waals surface area contributed by atoms with Crippen LogP contribution in [-0.2, 0) is 4.79 Å². The first-order chi connectivity index (χ1) is 11.0. The molecule has 1 unspecified atom stereocenters. The second-order valence-corrected chi connectivity index (χ2v) is 4.64. The van der Waals surface area contributed by atoms with Crippen LogP contribution in [0.3, 0.4) is 0 Å². The number of methoxy groups -OCH3 is 3. The summed E-state index contributed by atoms with van der Waals surface area (Å²) in [6, 6.07) is 1.60. The van der Waals surface area contributed by atoms with Gasteiger partial charge in [-0.1, -0.05) is 0 Å². The molecule has 0 saturated carbocycles. The van der Waals surface area contributed by atoms with Gasteiger partial charge in [-0.15, -0.1) is 0 Å². The van der Waals surface area contributed by atoms with Gasteiger partial charge in [0.1, 0.15) is 6.04 Å². The van der Waals surface area contributed by atoms with Crippen LogP contribution in [-0.4, -0.2) is 51.8 Å². The van der Waals surface area contributed by atoms with E-state index in [0.717, 1.165) is 0 Å². The third kappa shape index (κ3) is 3.44. The largest absolute Gasteiger partial charge is 0.493 e. The number of carbonyl (C=O) groups is 3. The van der Waals surface area contributed by atoms with Gasteiger partial charge in [-0.25, -0.2) is 4.79 Å². The Hall–Kier alpha value is -2.97. The van der Waals surface area contributed by atoms with Crippen LogP contribution in [0, 0.1) is 0 Å². The van der Waals surface area contributed by atoms with Gasteiger partial charge in [0.25, 0.3) is 11.8 Å². The fourth-order valence-electron chi connectivity index (χ4n) is 2.11. The van der Waals surface area contributed by atoms with E-state index >= 15 is 0 Å². The number of ether oxygens (including phenoxy) is 3. The molecule has 1 heterocycles. The summed E-state index contributed by atoms with van der Waals surface area (Å²) in [6.45, 7) is -0.0347. The Labute approximate surface area is 132 Å². The average molecular weight is 323 g/mol. The van der Waals surface area contributed by atoms with Gasteiger partial charge in [-0.05, 0) is 12.1 Å². The molecule has 124 valence electrons. The molecular weight excluding hydrogens is 306 g/mol. The van der Waals surface area contributed by atoms with E-state index < -0.39 is 23.9 Å². The normalized spacial score (nSPS) is 16.4. The zero-order chi connectivity index (χ0) is 17.0. The van der Waals surface area contributed by atoms with E-state index in [-0.39, 0.29) is 12.1 Å². The molecule has 0 aliphatic carbocycles. The molecular formula is C14H17N3O6. The zero-order valence-corrected chi connectivity index (χ0v) is 12.9. The Morgan fingerprint density at radius 3 is 2.17 bits per heavy atom. The number of hydrogen-bond acceptors (Lipinski definition) is 6. The van der Waals surface area contributed by atoms with E-state index in [2.05, 4.69) is 16.0 Å². The fraction of sp³-hybridized carbons (Fsp3) is 0.357. The fourth-order valence-corrected chi connectivity index (χ4v) is 2.11. The van der Waals surface area contributed by atoms with Crippen molar-refractivity contribution in [1.82, 2.24) is 16.0 Å². The Morgan fingerprint density at radius 1 is 1.13 bits per heavy atom. The molecule has 0 bridgehead atoms. The molecule has 9 nitrogen and oxygen atoms in total. The minimum absolute atomic E-state index is 0.0347. The summed E-state index contributed by atoms with van der Waals surface area (Å²) in [5.41, 5.74) is 0.268. The molecule has 4 amide bonds. The molecule has 1 saturated heterocycles. The van der Waals surface area contributed by atoms with Crippen molar-refractivity contribution < 1.29 is 28.6 Å². The van der Waals surface area contributed by atoms with E-state index in [4.69, 9.17) is 14.2 Å². The molecule has 0 aromatic heterocycles.